The topological polar surface area (TPSA) is 67.8 Å². The Bertz CT molecular complexity index is 493. The van der Waals surface area contributed by atoms with Gasteiger partial charge in [0.2, 0.25) is 0 Å². The van der Waals surface area contributed by atoms with Crippen molar-refractivity contribution in [3.05, 3.63) is 29.6 Å². The summed E-state index contributed by atoms with van der Waals surface area (Å²) in [5.41, 5.74) is 2.03. The van der Waals surface area contributed by atoms with Gasteiger partial charge in [0.05, 0.1) is 24.9 Å². The Morgan fingerprint density at radius 3 is 3.00 bits per heavy atom. The number of ether oxygens (including phenoxy) is 2. The molecule has 1 aromatic heterocycles. The molecule has 1 saturated heterocycles. The number of pyridine rings is 1. The Labute approximate surface area is 161 Å². The third-order valence-electron chi connectivity index (χ3n) is 3.69. The van der Waals surface area contributed by atoms with Crippen molar-refractivity contribution in [3.63, 3.8) is 0 Å². The average molecular weight is 448 g/mol. The molecule has 1 aromatic rings. The highest BCUT2D eigenvalue weighted by Crippen LogP contribution is 2.11. The largest absolute Gasteiger partial charge is 0.379 e. The van der Waals surface area contributed by atoms with Gasteiger partial charge < -0.3 is 20.1 Å². The summed E-state index contributed by atoms with van der Waals surface area (Å²) >= 11 is 0. The molecule has 2 N–H and O–H groups in total. The number of hydrogen-bond acceptors (Lipinski definition) is 4. The lowest BCUT2D eigenvalue weighted by Gasteiger charge is -2.13. The van der Waals surface area contributed by atoms with E-state index in [1.807, 2.05) is 25.1 Å². The molecule has 24 heavy (non-hydrogen) atoms. The van der Waals surface area contributed by atoms with Crippen molar-refractivity contribution in [1.29, 1.82) is 0 Å². The Balaban J connectivity index is 0.00000288. The van der Waals surface area contributed by atoms with Crippen LogP contribution in [0.25, 0.3) is 0 Å². The molecule has 1 unspecified atom stereocenters. The number of aromatic nitrogens is 1. The number of aryl methyl sites for hydroxylation is 1. The van der Waals surface area contributed by atoms with Crippen molar-refractivity contribution in [1.82, 2.24) is 15.6 Å². The van der Waals surface area contributed by atoms with Gasteiger partial charge in [-0.15, -0.1) is 24.0 Å². The lowest BCUT2D eigenvalue weighted by Crippen LogP contribution is -2.37. The fraction of sp³-hybridized carbons (Fsp3) is 0.647. The van der Waals surface area contributed by atoms with Gasteiger partial charge >= 0.3 is 0 Å². The van der Waals surface area contributed by atoms with E-state index in [1.165, 1.54) is 0 Å². The van der Waals surface area contributed by atoms with Crippen molar-refractivity contribution in [2.24, 2.45) is 4.99 Å². The van der Waals surface area contributed by atoms with Crippen molar-refractivity contribution in [2.45, 2.75) is 38.8 Å². The minimum absolute atomic E-state index is 0. The molecule has 0 saturated carbocycles. The van der Waals surface area contributed by atoms with Crippen LogP contribution in [0.1, 0.15) is 30.7 Å². The van der Waals surface area contributed by atoms with E-state index in [9.17, 15) is 0 Å². The third kappa shape index (κ3) is 8.25. The number of nitrogens with zero attached hydrogens (tertiary/aromatic N) is 2. The molecule has 0 radical (unpaired) electrons. The zero-order valence-corrected chi connectivity index (χ0v) is 16.9. The maximum absolute atomic E-state index is 5.64. The van der Waals surface area contributed by atoms with Gasteiger partial charge in [0.1, 0.15) is 0 Å². The van der Waals surface area contributed by atoms with Crippen LogP contribution in [-0.2, 0) is 16.0 Å². The van der Waals surface area contributed by atoms with Gasteiger partial charge in [0.25, 0.3) is 0 Å². The first-order chi connectivity index (χ1) is 11.3. The molecule has 1 fully saturated rings. The lowest BCUT2D eigenvalue weighted by atomic mass is 10.2. The summed E-state index contributed by atoms with van der Waals surface area (Å²) in [6.45, 7) is 5.82. The Morgan fingerprint density at radius 1 is 1.42 bits per heavy atom. The van der Waals surface area contributed by atoms with Crippen molar-refractivity contribution in [3.8, 4) is 0 Å². The first-order valence-corrected chi connectivity index (χ1v) is 8.34. The predicted octanol–water partition coefficient (Wildman–Crippen LogP) is 2.26. The van der Waals surface area contributed by atoms with Crippen LogP contribution in [0.5, 0.6) is 0 Å². The van der Waals surface area contributed by atoms with Crippen LogP contribution in [0.15, 0.2) is 23.2 Å². The Kier molecular flexibility index (Phi) is 10.9. The van der Waals surface area contributed by atoms with Crippen LogP contribution < -0.4 is 10.6 Å². The van der Waals surface area contributed by atoms with Crippen LogP contribution in [0.2, 0.25) is 0 Å². The zero-order chi connectivity index (χ0) is 16.3. The van der Waals surface area contributed by atoms with E-state index in [4.69, 9.17) is 9.47 Å². The summed E-state index contributed by atoms with van der Waals surface area (Å²) < 4.78 is 11.2. The molecule has 2 rings (SSSR count). The molecule has 0 bridgehead atoms. The minimum Gasteiger partial charge on any atom is -0.379 e. The number of rotatable bonds is 8. The van der Waals surface area contributed by atoms with Gasteiger partial charge in [0.15, 0.2) is 5.96 Å². The van der Waals surface area contributed by atoms with Crippen molar-refractivity contribution in [2.75, 3.05) is 33.4 Å². The molecule has 1 atom stereocenters. The van der Waals surface area contributed by atoms with Crippen molar-refractivity contribution < 1.29 is 9.47 Å². The first kappa shape index (κ1) is 21.1. The summed E-state index contributed by atoms with van der Waals surface area (Å²) in [7, 11) is 1.77. The lowest BCUT2D eigenvalue weighted by molar-refractivity contribution is 0.0168. The summed E-state index contributed by atoms with van der Waals surface area (Å²) in [4.78, 5) is 8.67. The van der Waals surface area contributed by atoms with Gasteiger partial charge in [-0.2, -0.15) is 0 Å². The Morgan fingerprint density at radius 2 is 2.29 bits per heavy atom. The molecule has 0 amide bonds. The molecule has 7 heteroatoms. The predicted molar refractivity (Wildman–Crippen MR) is 107 cm³/mol. The second-order valence-electron chi connectivity index (χ2n) is 5.69. The third-order valence-corrected chi connectivity index (χ3v) is 3.69. The molecule has 6 nitrogen and oxygen atoms in total. The smallest absolute Gasteiger partial charge is 0.191 e. The average Bonchev–Trinajstić information content (AvgIpc) is 3.07. The summed E-state index contributed by atoms with van der Waals surface area (Å²) in [6, 6.07) is 6.01. The van der Waals surface area contributed by atoms with Gasteiger partial charge in [0, 0.05) is 32.5 Å². The number of guanidine groups is 1. The van der Waals surface area contributed by atoms with Crippen LogP contribution in [0.3, 0.4) is 0 Å². The highest BCUT2D eigenvalue weighted by molar-refractivity contribution is 14.0. The molecule has 1 aliphatic rings. The van der Waals surface area contributed by atoms with Gasteiger partial charge in [-0.1, -0.05) is 6.07 Å². The van der Waals surface area contributed by atoms with E-state index in [0.29, 0.717) is 19.3 Å². The molecule has 0 aromatic carbocycles. The highest BCUT2D eigenvalue weighted by Gasteiger charge is 2.14. The molecule has 0 spiro atoms. The van der Waals surface area contributed by atoms with E-state index in [-0.39, 0.29) is 24.0 Å². The maximum atomic E-state index is 5.64. The first-order valence-electron chi connectivity index (χ1n) is 8.34. The fourth-order valence-electron chi connectivity index (χ4n) is 2.46. The zero-order valence-electron chi connectivity index (χ0n) is 14.6. The summed E-state index contributed by atoms with van der Waals surface area (Å²) in [5.74, 6) is 0.785. The molecule has 136 valence electrons. The number of aliphatic imine (C=N–C) groups is 1. The highest BCUT2D eigenvalue weighted by atomic mass is 127. The standard InChI is InChI=1S/C17H28N4O2.HI/c1-14-6-3-7-15(21-14)12-20-17(18-2)19-9-5-10-22-13-16-8-4-11-23-16;/h3,6-7,16H,4-5,8-13H2,1-2H3,(H2,18,19,20);1H. The van der Waals surface area contributed by atoms with Gasteiger partial charge in [-0.25, -0.2) is 0 Å². The molecule has 1 aliphatic heterocycles. The van der Waals surface area contributed by atoms with Crippen LogP contribution in [0, 0.1) is 6.92 Å². The molecule has 2 heterocycles. The Hall–Kier alpha value is -0.930. The van der Waals surface area contributed by atoms with E-state index in [1.54, 1.807) is 7.05 Å². The number of halogens is 1. The molecule has 0 aliphatic carbocycles. The fourth-order valence-corrected chi connectivity index (χ4v) is 2.46. The number of hydrogen-bond donors (Lipinski definition) is 2. The van der Waals surface area contributed by atoms with Crippen LogP contribution >= 0.6 is 24.0 Å². The summed E-state index contributed by atoms with van der Waals surface area (Å²) in [5, 5.41) is 6.55. The van der Waals surface area contributed by atoms with Crippen LogP contribution in [-0.4, -0.2) is 50.5 Å². The van der Waals surface area contributed by atoms with E-state index >= 15 is 0 Å². The second kappa shape index (κ2) is 12.4. The monoisotopic (exact) mass is 448 g/mol. The number of nitrogens with one attached hydrogen (secondary N) is 2. The second-order valence-corrected chi connectivity index (χ2v) is 5.69. The minimum atomic E-state index is 0. The van der Waals surface area contributed by atoms with E-state index in [0.717, 1.165) is 56.4 Å². The van der Waals surface area contributed by atoms with Gasteiger partial charge in [-0.3, -0.25) is 9.98 Å². The molecular weight excluding hydrogens is 419 g/mol. The quantitative estimate of drug-likeness (QED) is 0.277. The van der Waals surface area contributed by atoms with Crippen molar-refractivity contribution >= 4 is 29.9 Å². The van der Waals surface area contributed by atoms with Crippen LogP contribution in [0.4, 0.5) is 0 Å². The summed E-state index contributed by atoms with van der Waals surface area (Å²) in [6.07, 6.45) is 3.53. The van der Waals surface area contributed by atoms with Gasteiger partial charge in [-0.05, 0) is 38.3 Å². The van der Waals surface area contributed by atoms with E-state index < -0.39 is 0 Å². The SMILES string of the molecule is CN=C(NCCCOCC1CCCO1)NCc1cccc(C)n1.I. The normalized spacial score (nSPS) is 17.4. The molecular formula is C17H29IN4O2. The maximum Gasteiger partial charge on any atom is 0.191 e. The van der Waals surface area contributed by atoms with E-state index in [2.05, 4.69) is 20.6 Å².